The number of Topliss-reactive ketones (excluding diaryl/α,β-unsaturated/α-hetero) is 1. The Morgan fingerprint density at radius 1 is 0.806 bits per heavy atom. The smallest absolute Gasteiger partial charge is 0.261 e. The maximum Gasteiger partial charge on any atom is 0.261 e. The van der Waals surface area contributed by atoms with E-state index < -0.39 is 10.0 Å². The molecule has 0 saturated carbocycles. The molecule has 0 radical (unpaired) electrons. The molecule has 0 unspecified atom stereocenters. The molecule has 160 valence electrons. The summed E-state index contributed by atoms with van der Waals surface area (Å²) in [4.78, 5) is 11.4. The minimum atomic E-state index is -3.82. The lowest BCUT2D eigenvalue weighted by Crippen LogP contribution is -2.19. The predicted molar refractivity (Wildman–Crippen MR) is 130 cm³/mol. The second-order valence-electron chi connectivity index (χ2n) is 6.50. The van der Waals surface area contributed by atoms with E-state index in [0.29, 0.717) is 32.1 Å². The normalized spacial score (nSPS) is 10.9. The number of rotatable bonds is 6. The van der Waals surface area contributed by atoms with Crippen LogP contribution in [0.4, 0.5) is 17.1 Å². The van der Waals surface area contributed by atoms with Crippen molar-refractivity contribution in [2.24, 2.45) is 0 Å². The van der Waals surface area contributed by atoms with E-state index in [4.69, 9.17) is 35.4 Å². The molecule has 0 heterocycles. The van der Waals surface area contributed by atoms with Gasteiger partial charge in [0.15, 0.2) is 10.9 Å². The Labute approximate surface area is 195 Å². The van der Waals surface area contributed by atoms with Crippen molar-refractivity contribution >= 4 is 73.4 Å². The molecule has 31 heavy (non-hydrogen) atoms. The molecular formula is C21H17Cl2N3O3S2. The molecule has 0 aliphatic heterocycles. The van der Waals surface area contributed by atoms with Crippen molar-refractivity contribution in [2.75, 3.05) is 15.4 Å². The van der Waals surface area contributed by atoms with E-state index >= 15 is 0 Å². The molecule has 10 heteroatoms. The second kappa shape index (κ2) is 9.65. The van der Waals surface area contributed by atoms with Crippen LogP contribution in [0.15, 0.2) is 71.6 Å². The van der Waals surface area contributed by atoms with E-state index in [1.807, 2.05) is 0 Å². The fourth-order valence-electron chi connectivity index (χ4n) is 2.63. The number of hydrogen-bond acceptors (Lipinski definition) is 4. The van der Waals surface area contributed by atoms with Gasteiger partial charge in [-0.15, -0.1) is 0 Å². The molecular weight excluding hydrogens is 477 g/mol. The number of anilines is 3. The van der Waals surface area contributed by atoms with Crippen molar-refractivity contribution in [3.05, 3.63) is 82.3 Å². The number of ketones is 1. The Hall–Kier alpha value is -2.65. The third-order valence-corrected chi connectivity index (χ3v) is 6.12. The lowest BCUT2D eigenvalue weighted by Gasteiger charge is -2.12. The molecule has 3 rings (SSSR count). The van der Waals surface area contributed by atoms with Crippen LogP contribution < -0.4 is 15.4 Å². The highest BCUT2D eigenvalue weighted by molar-refractivity contribution is 7.92. The van der Waals surface area contributed by atoms with Crippen LogP contribution in [-0.2, 0) is 10.0 Å². The van der Waals surface area contributed by atoms with Gasteiger partial charge in [-0.05, 0) is 85.9 Å². The molecule has 0 aromatic heterocycles. The van der Waals surface area contributed by atoms with Crippen molar-refractivity contribution in [3.8, 4) is 0 Å². The number of hydrogen-bond donors (Lipinski definition) is 3. The maximum absolute atomic E-state index is 12.6. The zero-order valence-corrected chi connectivity index (χ0v) is 19.3. The summed E-state index contributed by atoms with van der Waals surface area (Å²) in [5.74, 6) is -0.0183. The molecule has 0 spiro atoms. The number of thiocarbonyl (C=S) groups is 1. The van der Waals surface area contributed by atoms with Gasteiger partial charge in [-0.1, -0.05) is 23.2 Å². The average Bonchev–Trinajstić information content (AvgIpc) is 2.67. The molecule has 0 amide bonds. The molecule has 0 bridgehead atoms. The fraction of sp³-hybridized carbons (Fsp3) is 0.0476. The van der Waals surface area contributed by atoms with Crippen LogP contribution in [0.1, 0.15) is 17.3 Å². The average molecular weight is 494 g/mol. The van der Waals surface area contributed by atoms with E-state index in [1.54, 1.807) is 36.4 Å². The lowest BCUT2D eigenvalue weighted by molar-refractivity contribution is 0.101. The summed E-state index contributed by atoms with van der Waals surface area (Å²) in [6.07, 6.45) is 0. The van der Waals surface area contributed by atoms with Crippen molar-refractivity contribution in [2.45, 2.75) is 11.8 Å². The van der Waals surface area contributed by atoms with Crippen molar-refractivity contribution in [1.82, 2.24) is 0 Å². The third kappa shape index (κ3) is 6.41. The quantitative estimate of drug-likeness (QED) is 0.296. The minimum absolute atomic E-state index is 0.0183. The Morgan fingerprint density at radius 3 is 1.77 bits per heavy atom. The summed E-state index contributed by atoms with van der Waals surface area (Å²) in [6.45, 7) is 1.50. The van der Waals surface area contributed by atoms with Gasteiger partial charge in [0.1, 0.15) is 0 Å². The van der Waals surface area contributed by atoms with E-state index in [0.717, 1.165) is 0 Å². The van der Waals surface area contributed by atoms with Crippen LogP contribution in [0.3, 0.4) is 0 Å². The Morgan fingerprint density at radius 2 is 1.29 bits per heavy atom. The minimum Gasteiger partial charge on any atom is -0.332 e. The largest absolute Gasteiger partial charge is 0.332 e. The first kappa shape index (κ1) is 23.0. The highest BCUT2D eigenvalue weighted by Gasteiger charge is 2.15. The standard InChI is InChI=1S/C21H17Cl2N3O3S2/c1-13(27)14-2-4-17(5-3-14)24-21(30)25-18-6-8-20(9-7-18)31(28,29)26-19-11-15(22)10-16(23)12-19/h2-12,26H,1H3,(H2,24,25,30). The van der Waals surface area contributed by atoms with Gasteiger partial charge < -0.3 is 10.6 Å². The zero-order chi connectivity index (χ0) is 22.6. The van der Waals surface area contributed by atoms with Crippen molar-refractivity contribution in [3.63, 3.8) is 0 Å². The zero-order valence-electron chi connectivity index (χ0n) is 16.1. The second-order valence-corrected chi connectivity index (χ2v) is 9.46. The Balaban J connectivity index is 1.64. The van der Waals surface area contributed by atoms with Gasteiger partial charge in [-0.3, -0.25) is 9.52 Å². The monoisotopic (exact) mass is 493 g/mol. The van der Waals surface area contributed by atoms with Gasteiger partial charge in [0, 0.05) is 27.0 Å². The van der Waals surface area contributed by atoms with E-state index in [9.17, 15) is 13.2 Å². The number of carbonyl (C=O) groups excluding carboxylic acids is 1. The fourth-order valence-corrected chi connectivity index (χ4v) is 4.43. The summed E-state index contributed by atoms with van der Waals surface area (Å²) >= 11 is 17.1. The van der Waals surface area contributed by atoms with Gasteiger partial charge in [-0.25, -0.2) is 8.42 Å². The first-order chi connectivity index (χ1) is 14.6. The first-order valence-corrected chi connectivity index (χ1v) is 11.5. The van der Waals surface area contributed by atoms with Gasteiger partial charge in [0.05, 0.1) is 10.6 Å². The first-order valence-electron chi connectivity index (χ1n) is 8.90. The highest BCUT2D eigenvalue weighted by atomic mass is 35.5. The summed E-state index contributed by atoms with van der Waals surface area (Å²) in [6, 6.07) is 17.4. The van der Waals surface area contributed by atoms with Crippen molar-refractivity contribution < 1.29 is 13.2 Å². The molecule has 6 nitrogen and oxygen atoms in total. The third-order valence-electron chi connectivity index (χ3n) is 4.09. The van der Waals surface area contributed by atoms with Gasteiger partial charge in [0.2, 0.25) is 0 Å². The maximum atomic E-state index is 12.6. The van der Waals surface area contributed by atoms with Gasteiger partial charge in [0.25, 0.3) is 10.0 Å². The number of benzene rings is 3. The number of sulfonamides is 1. The number of nitrogens with one attached hydrogen (secondary N) is 3. The summed E-state index contributed by atoms with van der Waals surface area (Å²) in [5.41, 5.74) is 2.18. The lowest BCUT2D eigenvalue weighted by atomic mass is 10.1. The van der Waals surface area contributed by atoms with E-state index in [-0.39, 0.29) is 16.4 Å². The molecule has 3 aromatic rings. The van der Waals surface area contributed by atoms with Crippen molar-refractivity contribution in [1.29, 1.82) is 0 Å². The predicted octanol–water partition coefficient (Wildman–Crippen LogP) is 5.81. The Kier molecular flexibility index (Phi) is 7.17. The van der Waals surface area contributed by atoms with E-state index in [1.165, 1.54) is 37.3 Å². The van der Waals surface area contributed by atoms with Crippen LogP contribution >= 0.6 is 35.4 Å². The summed E-state index contributed by atoms with van der Waals surface area (Å²) in [5, 5.41) is 6.93. The van der Waals surface area contributed by atoms with Crippen LogP contribution in [0.5, 0.6) is 0 Å². The van der Waals surface area contributed by atoms with Crippen LogP contribution in [0.2, 0.25) is 10.0 Å². The highest BCUT2D eigenvalue weighted by Crippen LogP contribution is 2.25. The van der Waals surface area contributed by atoms with Gasteiger partial charge >= 0.3 is 0 Å². The number of carbonyl (C=O) groups is 1. The summed E-state index contributed by atoms with van der Waals surface area (Å²) < 4.78 is 27.6. The molecule has 0 atom stereocenters. The molecule has 0 aliphatic carbocycles. The Bertz CT molecular complexity index is 1210. The van der Waals surface area contributed by atoms with Crippen LogP contribution in [0, 0.1) is 0 Å². The number of halogens is 2. The summed E-state index contributed by atoms with van der Waals surface area (Å²) in [7, 11) is -3.82. The van der Waals surface area contributed by atoms with E-state index in [2.05, 4.69) is 15.4 Å². The van der Waals surface area contributed by atoms with Crippen LogP contribution in [0.25, 0.3) is 0 Å². The molecule has 0 fully saturated rings. The SMILES string of the molecule is CC(=O)c1ccc(NC(=S)Nc2ccc(S(=O)(=O)Nc3cc(Cl)cc(Cl)c3)cc2)cc1. The molecule has 3 N–H and O–H groups in total. The molecule has 3 aromatic carbocycles. The van der Waals surface area contributed by atoms with Gasteiger partial charge in [-0.2, -0.15) is 0 Å². The topological polar surface area (TPSA) is 87.3 Å². The molecule has 0 saturated heterocycles. The molecule has 0 aliphatic rings. The van der Waals surface area contributed by atoms with Crippen LogP contribution in [-0.4, -0.2) is 19.3 Å².